The third kappa shape index (κ3) is 5.71. The first-order valence-corrected chi connectivity index (χ1v) is 7.47. The second-order valence-corrected chi connectivity index (χ2v) is 5.49. The summed E-state index contributed by atoms with van der Waals surface area (Å²) >= 11 is 0. The SMILES string of the molecule is CC(CNC(=O)NCC(O)c1ccc(F)cc1)Cn1cccn1. The fourth-order valence-corrected chi connectivity index (χ4v) is 2.11. The Bertz CT molecular complexity index is 601. The van der Waals surface area contributed by atoms with Gasteiger partial charge in [-0.3, -0.25) is 4.68 Å². The van der Waals surface area contributed by atoms with Crippen LogP contribution in [-0.4, -0.2) is 34.0 Å². The van der Waals surface area contributed by atoms with Crippen molar-refractivity contribution in [3.63, 3.8) is 0 Å². The highest BCUT2D eigenvalue weighted by atomic mass is 19.1. The molecule has 0 fully saturated rings. The molecule has 0 radical (unpaired) electrons. The van der Waals surface area contributed by atoms with Crippen LogP contribution in [0.5, 0.6) is 0 Å². The number of rotatable bonds is 7. The Hall–Kier alpha value is -2.41. The first-order valence-electron chi connectivity index (χ1n) is 7.47. The van der Waals surface area contributed by atoms with Gasteiger partial charge in [0, 0.05) is 32.0 Å². The summed E-state index contributed by atoms with van der Waals surface area (Å²) in [7, 11) is 0. The van der Waals surface area contributed by atoms with E-state index in [1.54, 1.807) is 6.20 Å². The van der Waals surface area contributed by atoms with Crippen molar-refractivity contribution in [3.8, 4) is 0 Å². The average Bonchev–Trinajstić information content (AvgIpc) is 3.04. The molecule has 0 spiro atoms. The minimum absolute atomic E-state index is 0.0605. The van der Waals surface area contributed by atoms with Crippen LogP contribution >= 0.6 is 0 Å². The van der Waals surface area contributed by atoms with Crippen molar-refractivity contribution >= 4 is 6.03 Å². The summed E-state index contributed by atoms with van der Waals surface area (Å²) in [6, 6.07) is 7.03. The first-order chi connectivity index (χ1) is 11.0. The van der Waals surface area contributed by atoms with Gasteiger partial charge in [0.2, 0.25) is 0 Å². The maximum atomic E-state index is 12.8. The zero-order chi connectivity index (χ0) is 16.7. The van der Waals surface area contributed by atoms with Gasteiger partial charge < -0.3 is 15.7 Å². The summed E-state index contributed by atoms with van der Waals surface area (Å²) in [6.45, 7) is 3.28. The Morgan fingerprint density at radius 2 is 2.00 bits per heavy atom. The van der Waals surface area contributed by atoms with Gasteiger partial charge in [-0.1, -0.05) is 19.1 Å². The summed E-state index contributed by atoms with van der Waals surface area (Å²) in [5.74, 6) is -0.138. The van der Waals surface area contributed by atoms with Gasteiger partial charge in [-0.05, 0) is 29.7 Å². The van der Waals surface area contributed by atoms with Crippen LogP contribution in [0.15, 0.2) is 42.7 Å². The van der Waals surface area contributed by atoms with E-state index in [9.17, 15) is 14.3 Å². The van der Waals surface area contributed by atoms with Crippen molar-refractivity contribution < 1.29 is 14.3 Å². The molecule has 3 N–H and O–H groups in total. The number of nitrogens with one attached hydrogen (secondary N) is 2. The molecule has 1 heterocycles. The normalized spacial score (nSPS) is 13.3. The van der Waals surface area contributed by atoms with E-state index in [-0.39, 0.29) is 24.3 Å². The minimum atomic E-state index is -0.872. The van der Waals surface area contributed by atoms with Crippen molar-refractivity contribution in [1.29, 1.82) is 0 Å². The Balaban J connectivity index is 1.67. The van der Waals surface area contributed by atoms with Gasteiger partial charge in [0.15, 0.2) is 0 Å². The number of aliphatic hydroxyl groups excluding tert-OH is 1. The number of aliphatic hydroxyl groups is 1. The average molecular weight is 320 g/mol. The number of benzene rings is 1. The lowest BCUT2D eigenvalue weighted by molar-refractivity contribution is 0.172. The summed E-state index contributed by atoms with van der Waals surface area (Å²) in [5, 5.41) is 19.4. The Morgan fingerprint density at radius 1 is 1.30 bits per heavy atom. The van der Waals surface area contributed by atoms with Crippen LogP contribution in [0.25, 0.3) is 0 Å². The number of hydrogen-bond acceptors (Lipinski definition) is 3. The zero-order valence-corrected chi connectivity index (χ0v) is 12.9. The molecule has 0 aliphatic heterocycles. The zero-order valence-electron chi connectivity index (χ0n) is 12.9. The highest BCUT2D eigenvalue weighted by Gasteiger charge is 2.10. The lowest BCUT2D eigenvalue weighted by Gasteiger charge is -2.15. The molecule has 1 aromatic heterocycles. The lowest BCUT2D eigenvalue weighted by Crippen LogP contribution is -2.40. The molecule has 23 heavy (non-hydrogen) atoms. The van der Waals surface area contributed by atoms with Crippen molar-refractivity contribution in [1.82, 2.24) is 20.4 Å². The maximum Gasteiger partial charge on any atom is 0.314 e. The van der Waals surface area contributed by atoms with Crippen LogP contribution in [0.4, 0.5) is 9.18 Å². The van der Waals surface area contributed by atoms with Crippen LogP contribution in [0.3, 0.4) is 0 Å². The second kappa shape index (κ2) is 8.28. The summed E-state index contributed by atoms with van der Waals surface area (Å²) < 4.78 is 14.6. The van der Waals surface area contributed by atoms with E-state index >= 15 is 0 Å². The molecule has 2 aromatic rings. The lowest BCUT2D eigenvalue weighted by atomic mass is 10.1. The third-order valence-electron chi connectivity index (χ3n) is 3.38. The van der Waals surface area contributed by atoms with E-state index in [2.05, 4.69) is 15.7 Å². The highest BCUT2D eigenvalue weighted by Crippen LogP contribution is 2.12. The van der Waals surface area contributed by atoms with Gasteiger partial charge in [0.25, 0.3) is 0 Å². The molecule has 2 unspecified atom stereocenters. The van der Waals surface area contributed by atoms with Crippen molar-refractivity contribution in [2.45, 2.75) is 19.6 Å². The predicted molar refractivity (Wildman–Crippen MR) is 84.2 cm³/mol. The van der Waals surface area contributed by atoms with E-state index in [0.29, 0.717) is 18.7 Å². The monoisotopic (exact) mass is 320 g/mol. The number of urea groups is 1. The molecule has 0 saturated heterocycles. The van der Waals surface area contributed by atoms with Gasteiger partial charge >= 0.3 is 6.03 Å². The number of aromatic nitrogens is 2. The first kappa shape index (κ1) is 17.0. The second-order valence-electron chi connectivity index (χ2n) is 5.49. The van der Waals surface area contributed by atoms with E-state index in [4.69, 9.17) is 0 Å². The predicted octanol–water partition coefficient (Wildman–Crippen LogP) is 1.69. The highest BCUT2D eigenvalue weighted by molar-refractivity contribution is 5.73. The van der Waals surface area contributed by atoms with Gasteiger partial charge in [0.1, 0.15) is 5.82 Å². The molecular formula is C16H21FN4O2. The van der Waals surface area contributed by atoms with Gasteiger partial charge in [-0.25, -0.2) is 9.18 Å². The van der Waals surface area contributed by atoms with Gasteiger partial charge in [0.05, 0.1) is 6.10 Å². The van der Waals surface area contributed by atoms with E-state index in [1.807, 2.05) is 23.9 Å². The molecule has 0 bridgehead atoms. The van der Waals surface area contributed by atoms with Crippen molar-refractivity contribution in [2.75, 3.05) is 13.1 Å². The van der Waals surface area contributed by atoms with Crippen LogP contribution in [-0.2, 0) is 6.54 Å². The summed E-state index contributed by atoms with van der Waals surface area (Å²) in [4.78, 5) is 11.7. The largest absolute Gasteiger partial charge is 0.387 e. The van der Waals surface area contributed by atoms with Gasteiger partial charge in [-0.2, -0.15) is 5.10 Å². The molecule has 0 aliphatic rings. The van der Waals surface area contributed by atoms with E-state index in [1.165, 1.54) is 24.3 Å². The molecule has 2 atom stereocenters. The summed E-state index contributed by atoms with van der Waals surface area (Å²) in [6.07, 6.45) is 2.71. The van der Waals surface area contributed by atoms with Crippen molar-refractivity contribution in [2.24, 2.45) is 5.92 Å². The van der Waals surface area contributed by atoms with Crippen LogP contribution in [0.2, 0.25) is 0 Å². The fourth-order valence-electron chi connectivity index (χ4n) is 2.11. The fraction of sp³-hybridized carbons (Fsp3) is 0.375. The maximum absolute atomic E-state index is 12.8. The molecule has 0 saturated carbocycles. The standard InChI is InChI=1S/C16H21FN4O2/c1-12(11-21-8-2-7-20-21)9-18-16(23)19-10-15(22)13-3-5-14(17)6-4-13/h2-8,12,15,22H,9-11H2,1H3,(H2,18,19,23). The Kier molecular flexibility index (Phi) is 6.10. The van der Waals surface area contributed by atoms with Gasteiger partial charge in [-0.15, -0.1) is 0 Å². The molecule has 124 valence electrons. The smallest absolute Gasteiger partial charge is 0.314 e. The Labute approximate surface area is 134 Å². The number of carbonyl (C=O) groups is 1. The number of nitrogens with zero attached hydrogens (tertiary/aromatic N) is 2. The Morgan fingerprint density at radius 3 is 2.65 bits per heavy atom. The summed E-state index contributed by atoms with van der Waals surface area (Å²) in [5.41, 5.74) is 0.554. The quantitative estimate of drug-likeness (QED) is 0.726. The molecule has 6 nitrogen and oxygen atoms in total. The molecule has 0 aliphatic carbocycles. The number of amides is 2. The van der Waals surface area contributed by atoms with Crippen LogP contribution in [0.1, 0.15) is 18.6 Å². The van der Waals surface area contributed by atoms with Crippen LogP contribution in [0, 0.1) is 11.7 Å². The molecule has 7 heteroatoms. The third-order valence-corrected chi connectivity index (χ3v) is 3.38. The van der Waals surface area contributed by atoms with Crippen molar-refractivity contribution in [3.05, 3.63) is 54.1 Å². The topological polar surface area (TPSA) is 79.2 Å². The number of halogens is 1. The number of carbonyl (C=O) groups excluding carboxylic acids is 1. The molecule has 2 rings (SSSR count). The molecule has 1 aromatic carbocycles. The number of hydrogen-bond donors (Lipinski definition) is 3. The molecular weight excluding hydrogens is 299 g/mol. The van der Waals surface area contributed by atoms with E-state index in [0.717, 1.165) is 0 Å². The minimum Gasteiger partial charge on any atom is -0.387 e. The van der Waals surface area contributed by atoms with Crippen LogP contribution < -0.4 is 10.6 Å². The molecule has 2 amide bonds. The van der Waals surface area contributed by atoms with E-state index < -0.39 is 6.10 Å².